The summed E-state index contributed by atoms with van der Waals surface area (Å²) in [6, 6.07) is 7.24. The summed E-state index contributed by atoms with van der Waals surface area (Å²) < 4.78 is 7.18. The lowest BCUT2D eigenvalue weighted by Crippen LogP contribution is -2.50. The molecular formula is C25H24ClN5O4S. The van der Waals surface area contributed by atoms with E-state index in [0.29, 0.717) is 30.3 Å². The van der Waals surface area contributed by atoms with Gasteiger partial charge in [0.25, 0.3) is 11.8 Å². The number of hydrogen-bond acceptors (Lipinski definition) is 7. The quantitative estimate of drug-likeness (QED) is 0.526. The van der Waals surface area contributed by atoms with E-state index in [2.05, 4.69) is 10.3 Å². The molecule has 2 fully saturated rings. The number of amides is 4. The topological polar surface area (TPSA) is 95.1 Å². The molecule has 5 heterocycles. The number of nitrogens with one attached hydrogen (secondary N) is 1. The third-order valence-corrected chi connectivity index (χ3v) is 8.16. The van der Waals surface area contributed by atoms with Gasteiger partial charge in [-0.05, 0) is 24.3 Å². The Kier molecular flexibility index (Phi) is 5.82. The monoisotopic (exact) mass is 525 g/mol. The highest BCUT2D eigenvalue weighted by Gasteiger charge is 2.36. The fourth-order valence-electron chi connectivity index (χ4n) is 5.01. The van der Waals surface area contributed by atoms with Gasteiger partial charge in [0.1, 0.15) is 12.3 Å². The molecule has 1 N–H and O–H groups in total. The second kappa shape index (κ2) is 9.02. The summed E-state index contributed by atoms with van der Waals surface area (Å²) in [7, 11) is 1.62. The number of piperazine rings is 1. The molecule has 0 saturated carbocycles. The molecule has 2 aromatic heterocycles. The molecule has 1 unspecified atom stereocenters. The van der Waals surface area contributed by atoms with Crippen molar-refractivity contribution < 1.29 is 19.1 Å². The van der Waals surface area contributed by atoms with Crippen LogP contribution in [0.3, 0.4) is 0 Å². The number of carbonyl (C=O) groups excluding carboxylic acids is 3. The highest BCUT2D eigenvalue weighted by molar-refractivity contribution is 7.19. The van der Waals surface area contributed by atoms with E-state index in [9.17, 15) is 14.4 Å². The number of hydrogen-bond donors (Lipinski definition) is 1. The van der Waals surface area contributed by atoms with Gasteiger partial charge in [0.15, 0.2) is 6.10 Å². The summed E-state index contributed by atoms with van der Waals surface area (Å²) >= 11 is 8.00. The minimum absolute atomic E-state index is 0.00188. The second-order valence-corrected chi connectivity index (χ2v) is 10.8. The summed E-state index contributed by atoms with van der Waals surface area (Å²) in [6.07, 6.45) is 1.62. The molecule has 3 aliphatic rings. The Hall–Kier alpha value is -3.21. The van der Waals surface area contributed by atoms with Gasteiger partial charge in [-0.15, -0.1) is 11.3 Å². The van der Waals surface area contributed by atoms with E-state index in [1.165, 1.54) is 21.1 Å². The number of benzene rings is 1. The van der Waals surface area contributed by atoms with Crippen molar-refractivity contribution in [2.24, 2.45) is 0 Å². The van der Waals surface area contributed by atoms with Crippen molar-refractivity contribution in [3.8, 4) is 16.9 Å². The average Bonchev–Trinajstić information content (AvgIpc) is 3.55. The number of nitrogens with zero attached hydrogens (tertiary/aromatic N) is 4. The van der Waals surface area contributed by atoms with Crippen LogP contribution in [0.15, 0.2) is 30.5 Å². The first-order chi connectivity index (χ1) is 17.4. The predicted octanol–water partition coefficient (Wildman–Crippen LogP) is 2.75. The van der Waals surface area contributed by atoms with Gasteiger partial charge in [-0.3, -0.25) is 19.5 Å². The van der Waals surface area contributed by atoms with Gasteiger partial charge in [0, 0.05) is 72.4 Å². The lowest BCUT2D eigenvalue weighted by molar-refractivity contribution is -0.138. The van der Waals surface area contributed by atoms with Crippen LogP contribution in [0.2, 0.25) is 5.02 Å². The van der Waals surface area contributed by atoms with Gasteiger partial charge in [-0.1, -0.05) is 11.6 Å². The van der Waals surface area contributed by atoms with Gasteiger partial charge in [-0.25, -0.2) is 4.79 Å². The van der Waals surface area contributed by atoms with E-state index < -0.39 is 6.10 Å². The molecule has 0 spiro atoms. The third-order valence-electron chi connectivity index (χ3n) is 6.80. The molecule has 4 amide bonds. The van der Waals surface area contributed by atoms with E-state index in [1.54, 1.807) is 13.2 Å². The van der Waals surface area contributed by atoms with Crippen LogP contribution in [-0.2, 0) is 22.6 Å². The lowest BCUT2D eigenvalue weighted by atomic mass is 10.0. The molecule has 0 aliphatic carbocycles. The summed E-state index contributed by atoms with van der Waals surface area (Å²) in [5.41, 5.74) is 3.37. The zero-order valence-electron chi connectivity index (χ0n) is 19.6. The maximum absolute atomic E-state index is 13.1. The maximum Gasteiger partial charge on any atom is 0.327 e. The summed E-state index contributed by atoms with van der Waals surface area (Å²) in [6.45, 7) is 3.19. The van der Waals surface area contributed by atoms with Crippen molar-refractivity contribution in [1.29, 1.82) is 0 Å². The molecule has 2 saturated heterocycles. The van der Waals surface area contributed by atoms with E-state index in [0.717, 1.165) is 44.9 Å². The third kappa shape index (κ3) is 3.99. The maximum atomic E-state index is 13.1. The van der Waals surface area contributed by atoms with Crippen LogP contribution in [0.5, 0.6) is 5.75 Å². The summed E-state index contributed by atoms with van der Waals surface area (Å²) in [4.78, 5) is 47.6. The average molecular weight is 526 g/mol. The summed E-state index contributed by atoms with van der Waals surface area (Å²) in [5, 5.41) is 3.83. The van der Waals surface area contributed by atoms with Crippen LogP contribution >= 0.6 is 22.9 Å². The largest absolute Gasteiger partial charge is 0.479 e. The van der Waals surface area contributed by atoms with Crippen LogP contribution in [0, 0.1) is 0 Å². The fourth-order valence-corrected chi connectivity index (χ4v) is 6.38. The lowest BCUT2D eigenvalue weighted by Gasteiger charge is -2.29. The molecule has 3 aliphatic heterocycles. The normalized spacial score (nSPS) is 19.8. The minimum Gasteiger partial charge on any atom is -0.479 e. The van der Waals surface area contributed by atoms with Crippen LogP contribution in [0.25, 0.3) is 21.3 Å². The Labute approximate surface area is 216 Å². The van der Waals surface area contributed by atoms with Crippen LogP contribution < -0.4 is 10.1 Å². The van der Waals surface area contributed by atoms with Crippen molar-refractivity contribution in [3.63, 3.8) is 0 Å². The number of halogens is 1. The molecule has 1 aromatic carbocycles. The molecule has 1 atom stereocenters. The number of imide groups is 1. The second-order valence-electron chi connectivity index (χ2n) is 9.23. The number of rotatable bonds is 4. The number of urea groups is 1. The van der Waals surface area contributed by atoms with Crippen molar-refractivity contribution >= 4 is 51.0 Å². The fraction of sp³-hybridized carbons (Fsp3) is 0.360. The summed E-state index contributed by atoms with van der Waals surface area (Å²) in [5.74, 6) is 0.453. The van der Waals surface area contributed by atoms with Gasteiger partial charge in [0.2, 0.25) is 0 Å². The molecule has 0 bridgehead atoms. The molecule has 0 radical (unpaired) electrons. The SMILES string of the molecule is CN1CC(=O)N(Cc2cc3nccc(-c4cc(Cl)cc5c4OC(C(=O)N4CCNCC4)C5)c3s2)C1=O. The van der Waals surface area contributed by atoms with E-state index in [1.807, 2.05) is 29.2 Å². The molecule has 6 rings (SSSR count). The Balaban J connectivity index is 1.33. The van der Waals surface area contributed by atoms with Gasteiger partial charge < -0.3 is 19.9 Å². The minimum atomic E-state index is -0.573. The van der Waals surface area contributed by atoms with Crippen molar-refractivity contribution in [2.45, 2.75) is 19.1 Å². The van der Waals surface area contributed by atoms with Crippen LogP contribution in [0.1, 0.15) is 10.4 Å². The predicted molar refractivity (Wildman–Crippen MR) is 136 cm³/mol. The van der Waals surface area contributed by atoms with Crippen molar-refractivity contribution in [1.82, 2.24) is 25.0 Å². The van der Waals surface area contributed by atoms with Crippen LogP contribution in [0.4, 0.5) is 4.79 Å². The number of carbonyl (C=O) groups is 3. The Morgan fingerprint density at radius 2 is 2.03 bits per heavy atom. The van der Waals surface area contributed by atoms with Gasteiger partial charge >= 0.3 is 6.03 Å². The first-order valence-electron chi connectivity index (χ1n) is 11.8. The highest BCUT2D eigenvalue weighted by Crippen LogP contribution is 2.45. The first-order valence-corrected chi connectivity index (χ1v) is 13.0. The Bertz CT molecular complexity index is 1400. The standard InChI is InChI=1S/C25H24ClN5O4S/c1-29-13-21(32)31(25(29)34)12-16-11-19-23(36-16)17(2-3-28-19)18-10-15(26)8-14-9-20(35-22(14)18)24(33)30-6-4-27-5-7-30/h2-3,8,10-11,20,27H,4-7,9,12-13H2,1H3. The van der Waals surface area contributed by atoms with Crippen LogP contribution in [-0.4, -0.2) is 83.4 Å². The smallest absolute Gasteiger partial charge is 0.327 e. The number of likely N-dealkylation sites (N-methyl/N-ethyl adjacent to an activating group) is 1. The zero-order valence-corrected chi connectivity index (χ0v) is 21.2. The number of fused-ring (bicyclic) bond motifs is 2. The highest BCUT2D eigenvalue weighted by atomic mass is 35.5. The van der Waals surface area contributed by atoms with Gasteiger partial charge in [-0.2, -0.15) is 0 Å². The van der Waals surface area contributed by atoms with Crippen molar-refractivity contribution in [3.05, 3.63) is 45.9 Å². The molecule has 186 valence electrons. The molecule has 9 nitrogen and oxygen atoms in total. The van der Waals surface area contributed by atoms with E-state index >= 15 is 0 Å². The first kappa shape index (κ1) is 23.2. The zero-order chi connectivity index (χ0) is 25.0. The number of ether oxygens (including phenoxy) is 1. The number of pyridine rings is 1. The number of thiophene rings is 1. The molecular weight excluding hydrogens is 502 g/mol. The van der Waals surface area contributed by atoms with Gasteiger partial charge in [0.05, 0.1) is 16.8 Å². The van der Waals surface area contributed by atoms with E-state index in [4.69, 9.17) is 16.3 Å². The van der Waals surface area contributed by atoms with E-state index in [-0.39, 0.29) is 30.9 Å². The molecule has 11 heteroatoms. The molecule has 3 aromatic rings. The molecule has 36 heavy (non-hydrogen) atoms. The van der Waals surface area contributed by atoms with Crippen molar-refractivity contribution in [2.75, 3.05) is 39.8 Å². The number of aromatic nitrogens is 1. The Morgan fingerprint density at radius 1 is 1.22 bits per heavy atom. The Morgan fingerprint density at radius 3 is 2.78 bits per heavy atom.